The first-order valence-corrected chi connectivity index (χ1v) is 10.9. The molecule has 2 aliphatic heterocycles. The number of aromatic nitrogens is 1. The number of likely N-dealkylation sites (N-methyl/N-ethyl adjacent to an activating group) is 1. The molecule has 0 atom stereocenters. The predicted molar refractivity (Wildman–Crippen MR) is 108 cm³/mol. The second-order valence-electron chi connectivity index (χ2n) is 7.17. The fourth-order valence-electron chi connectivity index (χ4n) is 3.64. The Balaban J connectivity index is 1.46. The summed E-state index contributed by atoms with van der Waals surface area (Å²) in [5.41, 5.74) is 0.726. The number of nitrogens with zero attached hydrogens (tertiary/aromatic N) is 5. The molecule has 0 radical (unpaired) electrons. The van der Waals surface area contributed by atoms with Gasteiger partial charge in [-0.3, -0.25) is 24.2 Å². The van der Waals surface area contributed by atoms with Crippen LogP contribution < -0.4 is 4.90 Å². The van der Waals surface area contributed by atoms with Gasteiger partial charge in [0, 0.05) is 57.6 Å². The monoisotopic (exact) mass is 407 g/mol. The first-order valence-electron chi connectivity index (χ1n) is 10.0. The molecule has 0 spiro atoms. The molecule has 3 heterocycles. The van der Waals surface area contributed by atoms with Crippen LogP contribution in [0.3, 0.4) is 0 Å². The van der Waals surface area contributed by atoms with E-state index in [4.69, 9.17) is 0 Å². The summed E-state index contributed by atoms with van der Waals surface area (Å²) in [5, 5.41) is 2.57. The molecule has 2 fully saturated rings. The van der Waals surface area contributed by atoms with Gasteiger partial charge in [0.05, 0.1) is 18.7 Å². The quantitative estimate of drug-likeness (QED) is 0.669. The van der Waals surface area contributed by atoms with Gasteiger partial charge in [-0.25, -0.2) is 4.98 Å². The lowest BCUT2D eigenvalue weighted by molar-refractivity contribution is -0.134. The number of piperazine rings is 1. The van der Waals surface area contributed by atoms with Gasteiger partial charge in [0.2, 0.25) is 17.7 Å². The fourth-order valence-corrected chi connectivity index (χ4v) is 4.51. The molecule has 8 nitrogen and oxygen atoms in total. The van der Waals surface area contributed by atoms with E-state index in [2.05, 4.69) is 9.88 Å². The van der Waals surface area contributed by atoms with Crippen LogP contribution in [0.4, 0.5) is 5.13 Å². The molecule has 3 amide bonds. The van der Waals surface area contributed by atoms with Crippen molar-refractivity contribution in [3.05, 3.63) is 11.1 Å². The van der Waals surface area contributed by atoms with E-state index in [9.17, 15) is 14.4 Å². The number of carbonyl (C=O) groups is 3. The average molecular weight is 408 g/mol. The van der Waals surface area contributed by atoms with Gasteiger partial charge in [-0.05, 0) is 20.3 Å². The minimum Gasteiger partial charge on any atom is -0.342 e. The van der Waals surface area contributed by atoms with Crippen molar-refractivity contribution < 1.29 is 14.4 Å². The van der Waals surface area contributed by atoms with Crippen molar-refractivity contribution in [3.63, 3.8) is 0 Å². The highest BCUT2D eigenvalue weighted by molar-refractivity contribution is 7.14. The maximum atomic E-state index is 12.6. The molecule has 0 aliphatic carbocycles. The van der Waals surface area contributed by atoms with E-state index < -0.39 is 0 Å². The van der Waals surface area contributed by atoms with E-state index in [-0.39, 0.29) is 24.1 Å². The van der Waals surface area contributed by atoms with Crippen molar-refractivity contribution in [2.45, 2.75) is 33.1 Å². The number of rotatable bonds is 7. The zero-order chi connectivity index (χ0) is 20.1. The molecular formula is C19H29N5O3S. The number of amides is 3. The maximum absolute atomic E-state index is 12.6. The highest BCUT2D eigenvalue weighted by Crippen LogP contribution is 2.25. The molecule has 0 N–H and O–H groups in total. The molecule has 9 heteroatoms. The minimum atomic E-state index is 0.0549. The Morgan fingerprint density at radius 3 is 2.46 bits per heavy atom. The van der Waals surface area contributed by atoms with Gasteiger partial charge in [-0.15, -0.1) is 11.3 Å². The van der Waals surface area contributed by atoms with E-state index in [1.165, 1.54) is 11.3 Å². The molecule has 0 saturated carbocycles. The van der Waals surface area contributed by atoms with Gasteiger partial charge >= 0.3 is 0 Å². The third-order valence-electron chi connectivity index (χ3n) is 5.38. The van der Waals surface area contributed by atoms with Gasteiger partial charge in [0.1, 0.15) is 0 Å². The smallest absolute Gasteiger partial charge is 0.236 e. The highest BCUT2D eigenvalue weighted by Gasteiger charge is 2.26. The van der Waals surface area contributed by atoms with E-state index in [1.807, 2.05) is 29.0 Å². The summed E-state index contributed by atoms with van der Waals surface area (Å²) in [4.78, 5) is 48.7. The van der Waals surface area contributed by atoms with Crippen molar-refractivity contribution >= 4 is 34.2 Å². The van der Waals surface area contributed by atoms with Gasteiger partial charge in [0.15, 0.2) is 5.13 Å². The van der Waals surface area contributed by atoms with Gasteiger partial charge in [-0.1, -0.05) is 0 Å². The molecule has 28 heavy (non-hydrogen) atoms. The normalized spacial score (nSPS) is 18.0. The zero-order valence-electron chi connectivity index (χ0n) is 16.7. The van der Waals surface area contributed by atoms with Crippen LogP contribution in [0.2, 0.25) is 0 Å². The lowest BCUT2D eigenvalue weighted by Crippen LogP contribution is -2.51. The summed E-state index contributed by atoms with van der Waals surface area (Å²) in [6, 6.07) is 0. The van der Waals surface area contributed by atoms with Crippen LogP contribution in [-0.4, -0.2) is 89.8 Å². The summed E-state index contributed by atoms with van der Waals surface area (Å²) in [5.74, 6) is 0.318. The number of thiazole rings is 1. The van der Waals surface area contributed by atoms with Crippen LogP contribution in [0.1, 0.15) is 32.4 Å². The highest BCUT2D eigenvalue weighted by atomic mass is 32.1. The Bertz CT molecular complexity index is 710. The van der Waals surface area contributed by atoms with Crippen LogP contribution >= 0.6 is 11.3 Å². The molecule has 1 aromatic heterocycles. The zero-order valence-corrected chi connectivity index (χ0v) is 17.5. The van der Waals surface area contributed by atoms with Crippen LogP contribution in [0, 0.1) is 0 Å². The van der Waals surface area contributed by atoms with Crippen LogP contribution in [0.15, 0.2) is 5.38 Å². The molecule has 154 valence electrons. The van der Waals surface area contributed by atoms with E-state index in [1.54, 1.807) is 4.90 Å². The van der Waals surface area contributed by atoms with Crippen molar-refractivity contribution in [3.8, 4) is 0 Å². The van der Waals surface area contributed by atoms with Crippen molar-refractivity contribution in [1.29, 1.82) is 0 Å². The van der Waals surface area contributed by atoms with Crippen LogP contribution in [-0.2, 0) is 20.8 Å². The SMILES string of the molecule is CCN(CC)C(=O)CN1CCN(C(=O)Cc2csc(N3CCCC3=O)n2)CC1. The Morgan fingerprint density at radius 1 is 1.14 bits per heavy atom. The Morgan fingerprint density at radius 2 is 1.86 bits per heavy atom. The Labute approximate surface area is 170 Å². The Kier molecular flexibility index (Phi) is 7.01. The second-order valence-corrected chi connectivity index (χ2v) is 8.01. The molecule has 0 aromatic carbocycles. The molecule has 0 bridgehead atoms. The Hall–Kier alpha value is -2.00. The standard InChI is InChI=1S/C19H29N5O3S/c1-3-22(4-2)18(27)13-21-8-10-23(11-9-21)17(26)12-15-14-28-19(20-15)24-7-5-6-16(24)25/h14H,3-13H2,1-2H3. The lowest BCUT2D eigenvalue weighted by Gasteiger charge is -2.35. The molecular weight excluding hydrogens is 378 g/mol. The largest absolute Gasteiger partial charge is 0.342 e. The molecule has 2 saturated heterocycles. The van der Waals surface area contributed by atoms with Crippen molar-refractivity contribution in [2.75, 3.05) is 57.3 Å². The lowest BCUT2D eigenvalue weighted by atomic mass is 10.2. The van der Waals surface area contributed by atoms with Crippen molar-refractivity contribution in [1.82, 2.24) is 19.7 Å². The first-order chi connectivity index (χ1) is 13.5. The summed E-state index contributed by atoms with van der Waals surface area (Å²) in [7, 11) is 0. The average Bonchev–Trinajstić information content (AvgIpc) is 3.32. The summed E-state index contributed by atoms with van der Waals surface area (Å²) in [6.45, 7) is 9.25. The number of hydrogen-bond acceptors (Lipinski definition) is 6. The topological polar surface area (TPSA) is 77.1 Å². The fraction of sp³-hybridized carbons (Fsp3) is 0.684. The van der Waals surface area contributed by atoms with Gasteiger partial charge in [-0.2, -0.15) is 0 Å². The third-order valence-corrected chi connectivity index (χ3v) is 6.29. The third kappa shape index (κ3) is 4.88. The molecule has 2 aliphatic rings. The molecule has 3 rings (SSSR count). The van der Waals surface area contributed by atoms with Crippen molar-refractivity contribution in [2.24, 2.45) is 0 Å². The van der Waals surface area contributed by atoms with E-state index in [0.29, 0.717) is 50.8 Å². The number of hydrogen-bond donors (Lipinski definition) is 0. The molecule has 1 aromatic rings. The summed E-state index contributed by atoms with van der Waals surface area (Å²) < 4.78 is 0. The number of anilines is 1. The summed E-state index contributed by atoms with van der Waals surface area (Å²) in [6.07, 6.45) is 1.71. The summed E-state index contributed by atoms with van der Waals surface area (Å²) >= 11 is 1.43. The van der Waals surface area contributed by atoms with E-state index in [0.717, 1.165) is 25.2 Å². The van der Waals surface area contributed by atoms with Crippen LogP contribution in [0.5, 0.6) is 0 Å². The minimum absolute atomic E-state index is 0.0549. The van der Waals surface area contributed by atoms with Gasteiger partial charge in [0.25, 0.3) is 0 Å². The molecule has 0 unspecified atom stereocenters. The van der Waals surface area contributed by atoms with E-state index >= 15 is 0 Å². The number of carbonyl (C=O) groups excluding carboxylic acids is 3. The van der Waals surface area contributed by atoms with Gasteiger partial charge < -0.3 is 9.80 Å². The predicted octanol–water partition coefficient (Wildman–Crippen LogP) is 0.825. The maximum Gasteiger partial charge on any atom is 0.236 e. The van der Waals surface area contributed by atoms with Crippen LogP contribution in [0.25, 0.3) is 0 Å². The second kappa shape index (κ2) is 9.47. The first kappa shape index (κ1) is 20.7.